The third-order valence-corrected chi connectivity index (χ3v) is 7.33. The smallest absolute Gasteiger partial charge is 0.327 e. The van der Waals surface area contributed by atoms with Crippen LogP contribution in [-0.2, 0) is 9.53 Å². The van der Waals surface area contributed by atoms with Crippen LogP contribution in [0.2, 0.25) is 0 Å². The Labute approximate surface area is 213 Å². The molecule has 0 aliphatic carbocycles. The van der Waals surface area contributed by atoms with Crippen LogP contribution >= 0.6 is 11.3 Å². The molecule has 1 unspecified atom stereocenters. The van der Waals surface area contributed by atoms with Gasteiger partial charge in [0.1, 0.15) is 22.5 Å². The highest BCUT2D eigenvalue weighted by Crippen LogP contribution is 2.32. The molecule has 1 amide bonds. The van der Waals surface area contributed by atoms with Crippen LogP contribution in [0.5, 0.6) is 5.75 Å². The summed E-state index contributed by atoms with van der Waals surface area (Å²) in [5.74, 6) is 0.341. The number of carbonyl (C=O) groups excluding carboxylic acids is 2. The molecule has 2 aromatic carbocycles. The number of amides is 1. The average Bonchev–Trinajstić information content (AvgIpc) is 3.37. The number of ether oxygens (including phenoxy) is 2. The minimum Gasteiger partial charge on any atom is -0.497 e. The zero-order valence-corrected chi connectivity index (χ0v) is 20.9. The van der Waals surface area contributed by atoms with Gasteiger partial charge in [0, 0.05) is 26.2 Å². The number of carbonyl (C=O) groups is 2. The molecule has 9 heteroatoms. The fourth-order valence-electron chi connectivity index (χ4n) is 4.40. The Balaban J connectivity index is 1.30. The highest BCUT2D eigenvalue weighted by molar-refractivity contribution is 7.21. The van der Waals surface area contributed by atoms with Gasteiger partial charge in [-0.15, -0.1) is 11.3 Å². The highest BCUT2D eigenvalue weighted by atomic mass is 32.1. The van der Waals surface area contributed by atoms with Crippen molar-refractivity contribution in [1.29, 1.82) is 0 Å². The van der Waals surface area contributed by atoms with Gasteiger partial charge in [-0.3, -0.25) is 9.69 Å². The number of esters is 1. The van der Waals surface area contributed by atoms with Gasteiger partial charge in [-0.1, -0.05) is 36.4 Å². The Morgan fingerprint density at radius 2 is 1.69 bits per heavy atom. The van der Waals surface area contributed by atoms with E-state index in [0.717, 1.165) is 26.5 Å². The molecule has 0 saturated carbocycles. The van der Waals surface area contributed by atoms with Gasteiger partial charge >= 0.3 is 5.97 Å². The van der Waals surface area contributed by atoms with Gasteiger partial charge in [-0.05, 0) is 35.9 Å². The Bertz CT molecular complexity index is 1380. The molecule has 0 radical (unpaired) electrons. The molecule has 184 valence electrons. The van der Waals surface area contributed by atoms with E-state index in [-0.39, 0.29) is 11.9 Å². The quantitative estimate of drug-likeness (QED) is 0.368. The van der Waals surface area contributed by atoms with E-state index in [9.17, 15) is 9.59 Å². The van der Waals surface area contributed by atoms with Crippen LogP contribution < -0.4 is 4.74 Å². The van der Waals surface area contributed by atoms with Crippen LogP contribution in [0.1, 0.15) is 22.1 Å². The summed E-state index contributed by atoms with van der Waals surface area (Å²) >= 11 is 1.51. The summed E-state index contributed by atoms with van der Waals surface area (Å²) in [5, 5.41) is 0.751. The van der Waals surface area contributed by atoms with Crippen molar-refractivity contribution in [2.75, 3.05) is 40.4 Å². The summed E-state index contributed by atoms with van der Waals surface area (Å²) in [6.45, 7) is 2.09. The SMILES string of the molecule is COC(=O)C(c1ccccc1)N1CCN(C(=O)c2cccc(-c3nc4ccc(OC)cc4s3)n2)CC1. The van der Waals surface area contributed by atoms with Gasteiger partial charge in [0.25, 0.3) is 5.91 Å². The van der Waals surface area contributed by atoms with Crippen LogP contribution in [0.3, 0.4) is 0 Å². The highest BCUT2D eigenvalue weighted by Gasteiger charge is 2.32. The Morgan fingerprint density at radius 1 is 0.917 bits per heavy atom. The lowest BCUT2D eigenvalue weighted by atomic mass is 10.0. The van der Waals surface area contributed by atoms with Crippen molar-refractivity contribution in [3.8, 4) is 16.5 Å². The van der Waals surface area contributed by atoms with E-state index in [1.54, 1.807) is 18.1 Å². The minimum atomic E-state index is -0.493. The first kappa shape index (κ1) is 23.9. The fraction of sp³-hybridized carbons (Fsp3) is 0.259. The molecule has 3 heterocycles. The van der Waals surface area contributed by atoms with E-state index in [1.807, 2.05) is 60.7 Å². The minimum absolute atomic E-state index is 0.131. The zero-order valence-electron chi connectivity index (χ0n) is 20.1. The first-order chi connectivity index (χ1) is 17.6. The van der Waals surface area contributed by atoms with Crippen molar-refractivity contribution in [2.24, 2.45) is 0 Å². The van der Waals surface area contributed by atoms with Gasteiger partial charge in [-0.25, -0.2) is 14.8 Å². The van der Waals surface area contributed by atoms with Crippen molar-refractivity contribution >= 4 is 33.4 Å². The van der Waals surface area contributed by atoms with Crippen LogP contribution in [0.4, 0.5) is 0 Å². The van der Waals surface area contributed by atoms with Gasteiger partial charge in [0.15, 0.2) is 0 Å². The number of hydrogen-bond acceptors (Lipinski definition) is 8. The second kappa shape index (κ2) is 10.4. The lowest BCUT2D eigenvalue weighted by Crippen LogP contribution is -2.51. The third-order valence-electron chi connectivity index (χ3n) is 6.29. The normalized spacial score (nSPS) is 15.0. The van der Waals surface area contributed by atoms with Crippen LogP contribution in [0, 0.1) is 0 Å². The number of rotatable bonds is 6. The van der Waals surface area contributed by atoms with Gasteiger partial charge in [0.05, 0.1) is 30.1 Å². The number of nitrogens with zero attached hydrogens (tertiary/aromatic N) is 4. The number of piperazine rings is 1. The lowest BCUT2D eigenvalue weighted by Gasteiger charge is -2.38. The average molecular weight is 503 g/mol. The van der Waals surface area contributed by atoms with E-state index in [4.69, 9.17) is 9.47 Å². The maximum Gasteiger partial charge on any atom is 0.327 e. The van der Waals surface area contributed by atoms with Gasteiger partial charge in [0.2, 0.25) is 0 Å². The number of fused-ring (bicyclic) bond motifs is 1. The van der Waals surface area contributed by atoms with Crippen molar-refractivity contribution < 1.29 is 19.1 Å². The predicted molar refractivity (Wildman–Crippen MR) is 138 cm³/mol. The molecule has 4 aromatic rings. The van der Waals surface area contributed by atoms with E-state index < -0.39 is 6.04 Å². The van der Waals surface area contributed by atoms with Gasteiger partial charge in [-0.2, -0.15) is 0 Å². The van der Waals surface area contributed by atoms with Crippen LogP contribution in [0.25, 0.3) is 20.9 Å². The summed E-state index contributed by atoms with van der Waals surface area (Å²) in [6, 6.07) is 20.3. The molecule has 0 N–H and O–H groups in total. The van der Waals surface area contributed by atoms with E-state index in [2.05, 4.69) is 14.9 Å². The molecule has 1 saturated heterocycles. The Hall–Kier alpha value is -3.82. The number of methoxy groups -OCH3 is 2. The van der Waals surface area contributed by atoms with Crippen molar-refractivity contribution in [3.05, 3.63) is 78.0 Å². The Kier molecular flexibility index (Phi) is 6.92. The summed E-state index contributed by atoms with van der Waals surface area (Å²) in [4.78, 5) is 39.0. The number of aromatic nitrogens is 2. The lowest BCUT2D eigenvalue weighted by molar-refractivity contribution is -0.148. The molecule has 0 spiro atoms. The van der Waals surface area contributed by atoms with E-state index >= 15 is 0 Å². The number of pyridine rings is 1. The topological polar surface area (TPSA) is 84.9 Å². The molecule has 2 aromatic heterocycles. The standard InChI is InChI=1S/C27H26N4O4S/c1-34-19-11-12-20-23(17-19)36-25(29-20)21-9-6-10-22(28-21)26(32)31-15-13-30(14-16-31)24(27(33)35-2)18-7-4-3-5-8-18/h3-12,17,24H,13-16H2,1-2H3. The van der Waals surface area contributed by atoms with E-state index in [0.29, 0.717) is 37.6 Å². The van der Waals surface area contributed by atoms with Crippen molar-refractivity contribution in [3.63, 3.8) is 0 Å². The zero-order chi connectivity index (χ0) is 25.1. The summed E-state index contributed by atoms with van der Waals surface area (Å²) in [7, 11) is 3.04. The molecule has 1 atom stereocenters. The summed E-state index contributed by atoms with van der Waals surface area (Å²) in [5.41, 5.74) is 2.79. The first-order valence-electron chi connectivity index (χ1n) is 11.7. The number of benzene rings is 2. The second-order valence-electron chi connectivity index (χ2n) is 8.43. The summed E-state index contributed by atoms with van der Waals surface area (Å²) < 4.78 is 11.4. The largest absolute Gasteiger partial charge is 0.497 e. The summed E-state index contributed by atoms with van der Waals surface area (Å²) in [6.07, 6.45) is 0. The third kappa shape index (κ3) is 4.80. The van der Waals surface area contributed by atoms with Crippen LogP contribution in [0.15, 0.2) is 66.7 Å². The molecule has 0 bridgehead atoms. The maximum absolute atomic E-state index is 13.3. The molecular weight excluding hydrogens is 476 g/mol. The number of thiazole rings is 1. The van der Waals surface area contributed by atoms with Crippen molar-refractivity contribution in [2.45, 2.75) is 6.04 Å². The molecule has 5 rings (SSSR count). The fourth-order valence-corrected chi connectivity index (χ4v) is 5.37. The molecule has 8 nitrogen and oxygen atoms in total. The van der Waals surface area contributed by atoms with Crippen molar-refractivity contribution in [1.82, 2.24) is 19.8 Å². The molecule has 36 heavy (non-hydrogen) atoms. The Morgan fingerprint density at radius 3 is 2.42 bits per heavy atom. The van der Waals surface area contributed by atoms with E-state index in [1.165, 1.54) is 18.4 Å². The number of hydrogen-bond donors (Lipinski definition) is 0. The maximum atomic E-state index is 13.3. The predicted octanol–water partition coefficient (Wildman–Crippen LogP) is 4.04. The molecule has 1 aliphatic heterocycles. The monoisotopic (exact) mass is 502 g/mol. The second-order valence-corrected chi connectivity index (χ2v) is 9.46. The molecular formula is C27H26N4O4S. The first-order valence-corrected chi connectivity index (χ1v) is 12.5. The molecule has 1 aliphatic rings. The van der Waals surface area contributed by atoms with Gasteiger partial charge < -0.3 is 14.4 Å². The molecule has 1 fully saturated rings. The van der Waals surface area contributed by atoms with Crippen LogP contribution in [-0.4, -0.2) is 72.0 Å².